The number of aryl methyl sites for hydroxylation is 1. The molecule has 0 saturated carbocycles. The quantitative estimate of drug-likeness (QED) is 0.214. The minimum absolute atomic E-state index is 0.0689. The molecule has 8 nitrogen and oxygen atoms in total. The van der Waals surface area contributed by atoms with Crippen LogP contribution < -0.4 is 4.74 Å². The van der Waals surface area contributed by atoms with Gasteiger partial charge in [-0.05, 0) is 55.5 Å². The van der Waals surface area contributed by atoms with E-state index in [2.05, 4.69) is 107 Å². The van der Waals surface area contributed by atoms with Gasteiger partial charge in [-0.3, -0.25) is 14.6 Å². The zero-order valence-electron chi connectivity index (χ0n) is 24.8. The lowest BCUT2D eigenvalue weighted by Crippen LogP contribution is -2.56. The van der Waals surface area contributed by atoms with Gasteiger partial charge in [-0.25, -0.2) is 9.67 Å². The summed E-state index contributed by atoms with van der Waals surface area (Å²) in [7, 11) is 1.72. The fraction of sp³-hybridized carbons (Fsp3) is 0.382. The predicted octanol–water partition coefficient (Wildman–Crippen LogP) is 5.89. The Morgan fingerprint density at radius 3 is 2.48 bits per heavy atom. The lowest BCUT2D eigenvalue weighted by Gasteiger charge is -2.47. The van der Waals surface area contributed by atoms with Crippen molar-refractivity contribution in [1.29, 1.82) is 0 Å². The van der Waals surface area contributed by atoms with Gasteiger partial charge >= 0.3 is 5.97 Å². The zero-order valence-corrected chi connectivity index (χ0v) is 24.8. The highest BCUT2D eigenvalue weighted by molar-refractivity contribution is 5.66. The van der Waals surface area contributed by atoms with Gasteiger partial charge in [0.25, 0.3) is 0 Å². The number of carboxylic acids is 1. The van der Waals surface area contributed by atoms with Crippen molar-refractivity contribution in [3.63, 3.8) is 0 Å². The molecule has 1 fully saturated rings. The third-order valence-corrected chi connectivity index (χ3v) is 8.24. The maximum Gasteiger partial charge on any atom is 0.303 e. The predicted molar refractivity (Wildman–Crippen MR) is 164 cm³/mol. The van der Waals surface area contributed by atoms with Crippen LogP contribution in [0.3, 0.4) is 0 Å². The van der Waals surface area contributed by atoms with E-state index in [0.717, 1.165) is 43.2 Å². The standard InChI is InChI=1S/C34H41N5O3/c1-25-22-38(26(2)21-37(25)23-27-10-5-4-6-11-27)33(30-12-9-13-31(20-30)42-3)28-15-17-29(18-16-28)34-35-24-36-39(34)19-8-7-14-32(40)41/h4-6,9-13,15-18,20,24-26,33H,7-8,14,19,21-23H2,1-3H3,(H,40,41). The number of carboxylic acid groups (broad SMARTS) is 1. The van der Waals surface area contributed by atoms with Gasteiger partial charge in [-0.1, -0.05) is 66.7 Å². The Bertz CT molecular complexity index is 1440. The Morgan fingerprint density at radius 2 is 1.74 bits per heavy atom. The van der Waals surface area contributed by atoms with Crippen molar-refractivity contribution >= 4 is 5.97 Å². The van der Waals surface area contributed by atoms with Crippen molar-refractivity contribution in [3.05, 3.63) is 102 Å². The van der Waals surface area contributed by atoms with Crippen LogP contribution in [0.5, 0.6) is 5.75 Å². The number of hydrogen-bond donors (Lipinski definition) is 1. The molecular formula is C34H41N5O3. The number of benzene rings is 3. The van der Waals surface area contributed by atoms with Crippen molar-refractivity contribution < 1.29 is 14.6 Å². The highest BCUT2D eigenvalue weighted by Gasteiger charge is 2.35. The Hall–Kier alpha value is -4.01. The zero-order chi connectivity index (χ0) is 29.5. The summed E-state index contributed by atoms with van der Waals surface area (Å²) in [5.74, 6) is 0.885. The molecule has 1 aromatic heterocycles. The Labute approximate surface area is 248 Å². The topological polar surface area (TPSA) is 83.7 Å². The Balaban J connectivity index is 1.39. The number of aromatic nitrogens is 3. The van der Waals surface area contributed by atoms with Gasteiger partial charge in [0.15, 0.2) is 5.82 Å². The van der Waals surface area contributed by atoms with Crippen LogP contribution in [0.15, 0.2) is 85.2 Å². The van der Waals surface area contributed by atoms with Crippen molar-refractivity contribution in [2.24, 2.45) is 0 Å². The summed E-state index contributed by atoms with van der Waals surface area (Å²) in [5, 5.41) is 13.3. The number of carbonyl (C=O) groups is 1. The minimum atomic E-state index is -0.767. The van der Waals surface area contributed by atoms with E-state index in [9.17, 15) is 4.79 Å². The minimum Gasteiger partial charge on any atom is -0.497 e. The van der Waals surface area contributed by atoms with Crippen LogP contribution in [0.4, 0.5) is 0 Å². The fourth-order valence-corrected chi connectivity index (χ4v) is 6.01. The summed E-state index contributed by atoms with van der Waals surface area (Å²) in [6.45, 7) is 8.19. The summed E-state index contributed by atoms with van der Waals surface area (Å²) in [4.78, 5) is 20.6. The first kappa shape index (κ1) is 29.5. The molecule has 1 aliphatic rings. The first-order valence-electron chi connectivity index (χ1n) is 14.8. The van der Waals surface area contributed by atoms with Crippen LogP contribution in [0.25, 0.3) is 11.4 Å². The van der Waals surface area contributed by atoms with Crippen LogP contribution in [0, 0.1) is 0 Å². The summed E-state index contributed by atoms with van der Waals surface area (Å²) >= 11 is 0. The van der Waals surface area contributed by atoms with E-state index in [1.165, 1.54) is 16.7 Å². The maximum atomic E-state index is 10.9. The molecule has 220 valence electrons. The molecule has 5 rings (SSSR count). The van der Waals surface area contributed by atoms with E-state index in [0.29, 0.717) is 25.0 Å². The summed E-state index contributed by atoms with van der Waals surface area (Å²) < 4.78 is 7.48. The second-order valence-electron chi connectivity index (χ2n) is 11.3. The monoisotopic (exact) mass is 567 g/mol. The van der Waals surface area contributed by atoms with Crippen LogP contribution >= 0.6 is 0 Å². The first-order valence-corrected chi connectivity index (χ1v) is 14.8. The van der Waals surface area contributed by atoms with E-state index in [1.807, 2.05) is 10.7 Å². The highest BCUT2D eigenvalue weighted by Crippen LogP contribution is 2.36. The van der Waals surface area contributed by atoms with E-state index < -0.39 is 5.97 Å². The van der Waals surface area contributed by atoms with Gasteiger partial charge in [-0.2, -0.15) is 5.10 Å². The lowest BCUT2D eigenvalue weighted by molar-refractivity contribution is -0.137. The summed E-state index contributed by atoms with van der Waals surface area (Å²) in [6.07, 6.45) is 3.09. The first-order chi connectivity index (χ1) is 20.4. The summed E-state index contributed by atoms with van der Waals surface area (Å²) in [5.41, 5.74) is 4.77. The highest BCUT2D eigenvalue weighted by atomic mass is 16.5. The normalized spacial score (nSPS) is 18.5. The molecule has 8 heteroatoms. The Morgan fingerprint density at radius 1 is 0.952 bits per heavy atom. The van der Waals surface area contributed by atoms with Gasteiger partial charge in [0, 0.05) is 50.2 Å². The molecule has 4 aromatic rings. The van der Waals surface area contributed by atoms with Gasteiger partial charge < -0.3 is 9.84 Å². The molecule has 42 heavy (non-hydrogen) atoms. The van der Waals surface area contributed by atoms with Crippen LogP contribution in [0.1, 0.15) is 55.8 Å². The SMILES string of the molecule is COc1cccc(C(c2ccc(-c3ncnn3CCCCC(=O)O)cc2)N2CC(C)N(Cc3ccccc3)CC2C)c1. The van der Waals surface area contributed by atoms with E-state index >= 15 is 0 Å². The second kappa shape index (κ2) is 13.8. The number of nitrogens with zero attached hydrogens (tertiary/aromatic N) is 5. The number of aliphatic carboxylic acids is 1. The van der Waals surface area contributed by atoms with E-state index in [1.54, 1.807) is 13.4 Å². The van der Waals surface area contributed by atoms with Crippen molar-refractivity contribution in [2.75, 3.05) is 20.2 Å². The van der Waals surface area contributed by atoms with E-state index in [4.69, 9.17) is 9.84 Å². The van der Waals surface area contributed by atoms with Gasteiger partial charge in [-0.15, -0.1) is 0 Å². The van der Waals surface area contributed by atoms with Crippen LogP contribution in [0.2, 0.25) is 0 Å². The maximum absolute atomic E-state index is 10.9. The van der Waals surface area contributed by atoms with E-state index in [-0.39, 0.29) is 12.5 Å². The number of methoxy groups -OCH3 is 1. The summed E-state index contributed by atoms with van der Waals surface area (Å²) in [6, 6.07) is 28.6. The number of rotatable bonds is 12. The van der Waals surface area contributed by atoms with Crippen LogP contribution in [-0.4, -0.2) is 67.9 Å². The second-order valence-corrected chi connectivity index (χ2v) is 11.3. The lowest BCUT2D eigenvalue weighted by atomic mass is 9.92. The number of ether oxygens (including phenoxy) is 1. The number of piperazine rings is 1. The molecule has 1 N–H and O–H groups in total. The fourth-order valence-electron chi connectivity index (χ4n) is 6.01. The average molecular weight is 568 g/mol. The third kappa shape index (κ3) is 7.06. The van der Waals surface area contributed by atoms with Crippen LogP contribution in [-0.2, 0) is 17.9 Å². The molecular weight excluding hydrogens is 526 g/mol. The molecule has 1 saturated heterocycles. The largest absolute Gasteiger partial charge is 0.497 e. The molecule has 0 aliphatic carbocycles. The average Bonchev–Trinajstić information content (AvgIpc) is 3.47. The van der Waals surface area contributed by atoms with Gasteiger partial charge in [0.2, 0.25) is 0 Å². The molecule has 0 amide bonds. The van der Waals surface area contributed by atoms with Crippen molar-refractivity contribution in [1.82, 2.24) is 24.6 Å². The molecule has 3 aromatic carbocycles. The number of unbranched alkanes of at least 4 members (excludes halogenated alkanes) is 1. The molecule has 3 unspecified atom stereocenters. The molecule has 3 atom stereocenters. The van der Waals surface area contributed by atoms with Gasteiger partial charge in [0.05, 0.1) is 13.2 Å². The number of hydrogen-bond acceptors (Lipinski definition) is 6. The molecule has 0 radical (unpaired) electrons. The van der Waals surface area contributed by atoms with Gasteiger partial charge in [0.1, 0.15) is 12.1 Å². The smallest absolute Gasteiger partial charge is 0.303 e. The van der Waals surface area contributed by atoms with Crippen molar-refractivity contribution in [3.8, 4) is 17.1 Å². The third-order valence-electron chi connectivity index (χ3n) is 8.24. The molecule has 0 bridgehead atoms. The molecule has 1 aliphatic heterocycles. The Kier molecular flexibility index (Phi) is 9.66. The molecule has 0 spiro atoms. The van der Waals surface area contributed by atoms with Crippen molar-refractivity contribution in [2.45, 2.75) is 64.3 Å². The molecule has 2 heterocycles.